The second kappa shape index (κ2) is 5.80. The summed E-state index contributed by atoms with van der Waals surface area (Å²) in [6.07, 6.45) is 4.24. The third-order valence-corrected chi connectivity index (χ3v) is 3.82. The number of pyridine rings is 1. The zero-order valence-corrected chi connectivity index (χ0v) is 11.0. The van der Waals surface area contributed by atoms with Gasteiger partial charge in [-0.2, -0.15) is 0 Å². The van der Waals surface area contributed by atoms with Crippen LogP contribution in [0.15, 0.2) is 18.3 Å². The van der Waals surface area contributed by atoms with E-state index in [1.54, 1.807) is 6.20 Å². The van der Waals surface area contributed by atoms with Crippen LogP contribution in [0.3, 0.4) is 0 Å². The minimum atomic E-state index is 0.610. The first-order valence-corrected chi connectivity index (χ1v) is 6.61. The number of likely N-dealkylation sites (tertiary alicyclic amines) is 1. The van der Waals surface area contributed by atoms with Crippen LogP contribution < -0.4 is 5.73 Å². The molecule has 1 aliphatic rings. The second-order valence-corrected chi connectivity index (χ2v) is 5.36. The lowest BCUT2D eigenvalue weighted by atomic mass is 9.93. The zero-order valence-electron chi connectivity index (χ0n) is 10.3. The first kappa shape index (κ1) is 12.8. The van der Waals surface area contributed by atoms with Gasteiger partial charge in [-0.1, -0.05) is 11.6 Å². The molecule has 94 valence electrons. The molecule has 0 aliphatic carbocycles. The van der Waals surface area contributed by atoms with Crippen LogP contribution in [-0.2, 0) is 6.54 Å². The third kappa shape index (κ3) is 3.41. The van der Waals surface area contributed by atoms with Crippen molar-refractivity contribution in [2.45, 2.75) is 32.4 Å². The predicted octanol–water partition coefficient (Wildman–Crippen LogP) is 2.29. The standard InChI is InChI=1S/C13H20ClN3/c1-10-2-3-11(7-15)8-17(10)9-13-6-12(14)4-5-16-13/h4-6,10-11H,2-3,7-9,15H2,1H3. The van der Waals surface area contributed by atoms with Gasteiger partial charge in [0, 0.05) is 30.4 Å². The van der Waals surface area contributed by atoms with Crippen molar-refractivity contribution >= 4 is 11.6 Å². The molecule has 4 heteroatoms. The molecule has 0 spiro atoms. The van der Waals surface area contributed by atoms with Crippen LogP contribution in [0, 0.1) is 5.92 Å². The molecular formula is C13H20ClN3. The molecule has 1 saturated heterocycles. The molecule has 2 heterocycles. The van der Waals surface area contributed by atoms with E-state index in [1.807, 2.05) is 12.1 Å². The molecule has 3 nitrogen and oxygen atoms in total. The molecule has 2 N–H and O–H groups in total. The van der Waals surface area contributed by atoms with Crippen LogP contribution in [0.5, 0.6) is 0 Å². The highest BCUT2D eigenvalue weighted by atomic mass is 35.5. The monoisotopic (exact) mass is 253 g/mol. The van der Waals surface area contributed by atoms with Gasteiger partial charge < -0.3 is 5.73 Å². The lowest BCUT2D eigenvalue weighted by molar-refractivity contribution is 0.112. The third-order valence-electron chi connectivity index (χ3n) is 3.59. The van der Waals surface area contributed by atoms with Crippen molar-refractivity contribution in [1.29, 1.82) is 0 Å². The Morgan fingerprint density at radius 2 is 2.35 bits per heavy atom. The summed E-state index contributed by atoms with van der Waals surface area (Å²) in [4.78, 5) is 6.82. The molecule has 1 fully saturated rings. The highest BCUT2D eigenvalue weighted by molar-refractivity contribution is 6.30. The van der Waals surface area contributed by atoms with E-state index in [-0.39, 0.29) is 0 Å². The lowest BCUT2D eigenvalue weighted by Crippen LogP contribution is -2.43. The van der Waals surface area contributed by atoms with E-state index in [0.29, 0.717) is 12.0 Å². The van der Waals surface area contributed by atoms with Crippen LogP contribution in [0.2, 0.25) is 5.02 Å². The average molecular weight is 254 g/mol. The summed E-state index contributed by atoms with van der Waals surface area (Å²) in [6.45, 7) is 5.01. The Bertz CT molecular complexity index is 369. The minimum absolute atomic E-state index is 0.610. The van der Waals surface area contributed by atoms with Crippen molar-refractivity contribution in [3.8, 4) is 0 Å². The molecule has 1 aliphatic heterocycles. The van der Waals surface area contributed by atoms with Gasteiger partial charge in [0.1, 0.15) is 0 Å². The second-order valence-electron chi connectivity index (χ2n) is 4.92. The molecule has 0 aromatic carbocycles. The zero-order chi connectivity index (χ0) is 12.3. The maximum atomic E-state index is 5.98. The van der Waals surface area contributed by atoms with E-state index in [1.165, 1.54) is 12.8 Å². The number of nitrogens with zero attached hydrogens (tertiary/aromatic N) is 2. The Hall–Kier alpha value is -0.640. The molecule has 0 radical (unpaired) electrons. The fourth-order valence-corrected chi connectivity index (χ4v) is 2.60. The molecule has 17 heavy (non-hydrogen) atoms. The molecule has 1 aromatic heterocycles. The Morgan fingerprint density at radius 3 is 3.06 bits per heavy atom. The quantitative estimate of drug-likeness (QED) is 0.899. The van der Waals surface area contributed by atoms with Crippen LogP contribution in [-0.4, -0.2) is 29.0 Å². The molecule has 0 saturated carbocycles. The first-order valence-electron chi connectivity index (χ1n) is 6.23. The summed E-state index contributed by atoms with van der Waals surface area (Å²) in [5, 5.41) is 0.759. The summed E-state index contributed by atoms with van der Waals surface area (Å²) >= 11 is 5.98. The number of rotatable bonds is 3. The molecule has 2 unspecified atom stereocenters. The summed E-state index contributed by atoms with van der Waals surface area (Å²) in [6, 6.07) is 4.37. The van der Waals surface area contributed by atoms with Crippen LogP contribution in [0.1, 0.15) is 25.5 Å². The normalized spacial score (nSPS) is 26.1. The van der Waals surface area contributed by atoms with E-state index in [0.717, 1.165) is 30.4 Å². The van der Waals surface area contributed by atoms with Crippen molar-refractivity contribution in [2.75, 3.05) is 13.1 Å². The first-order chi connectivity index (χ1) is 8.19. The van der Waals surface area contributed by atoms with Crippen molar-refractivity contribution in [3.63, 3.8) is 0 Å². The van der Waals surface area contributed by atoms with Crippen LogP contribution in [0.4, 0.5) is 0 Å². The molecular weight excluding hydrogens is 234 g/mol. The largest absolute Gasteiger partial charge is 0.330 e. The van der Waals surface area contributed by atoms with Gasteiger partial charge in [0.25, 0.3) is 0 Å². The van der Waals surface area contributed by atoms with Gasteiger partial charge in [0.2, 0.25) is 0 Å². The van der Waals surface area contributed by atoms with Gasteiger partial charge in [-0.05, 0) is 44.4 Å². The fourth-order valence-electron chi connectivity index (χ4n) is 2.42. The SMILES string of the molecule is CC1CCC(CN)CN1Cc1cc(Cl)ccn1. The number of aromatic nitrogens is 1. The number of hydrogen-bond acceptors (Lipinski definition) is 3. The van der Waals surface area contributed by atoms with Gasteiger partial charge in [-0.25, -0.2) is 0 Å². The van der Waals surface area contributed by atoms with Gasteiger partial charge >= 0.3 is 0 Å². The van der Waals surface area contributed by atoms with Crippen LogP contribution in [0.25, 0.3) is 0 Å². The lowest BCUT2D eigenvalue weighted by Gasteiger charge is -2.37. The Balaban J connectivity index is 2.01. The number of piperidine rings is 1. The topological polar surface area (TPSA) is 42.1 Å². The minimum Gasteiger partial charge on any atom is -0.330 e. The van der Waals surface area contributed by atoms with E-state index >= 15 is 0 Å². The number of hydrogen-bond donors (Lipinski definition) is 1. The predicted molar refractivity (Wildman–Crippen MR) is 70.9 cm³/mol. The van der Waals surface area contributed by atoms with Gasteiger partial charge in [0.15, 0.2) is 0 Å². The summed E-state index contributed by atoms with van der Waals surface area (Å²) < 4.78 is 0. The average Bonchev–Trinajstić information content (AvgIpc) is 2.32. The van der Waals surface area contributed by atoms with Crippen molar-refractivity contribution < 1.29 is 0 Å². The molecule has 1 aromatic rings. The van der Waals surface area contributed by atoms with Crippen molar-refractivity contribution in [3.05, 3.63) is 29.0 Å². The van der Waals surface area contributed by atoms with Gasteiger partial charge in [-0.3, -0.25) is 9.88 Å². The summed E-state index contributed by atoms with van der Waals surface area (Å²) in [7, 11) is 0. The van der Waals surface area contributed by atoms with Crippen molar-refractivity contribution in [2.24, 2.45) is 11.7 Å². The highest BCUT2D eigenvalue weighted by Crippen LogP contribution is 2.23. The van der Waals surface area contributed by atoms with E-state index in [9.17, 15) is 0 Å². The Labute approximate surface area is 108 Å². The van der Waals surface area contributed by atoms with Crippen LogP contribution >= 0.6 is 11.6 Å². The molecule has 2 atom stereocenters. The maximum absolute atomic E-state index is 5.98. The number of halogens is 1. The molecule has 0 bridgehead atoms. The van der Waals surface area contributed by atoms with Gasteiger partial charge in [-0.15, -0.1) is 0 Å². The summed E-state index contributed by atoms with van der Waals surface area (Å²) in [5.41, 5.74) is 6.81. The molecule has 2 rings (SSSR count). The van der Waals surface area contributed by atoms with Crippen molar-refractivity contribution in [1.82, 2.24) is 9.88 Å². The smallest absolute Gasteiger partial charge is 0.0558 e. The maximum Gasteiger partial charge on any atom is 0.0558 e. The molecule has 0 amide bonds. The Kier molecular flexibility index (Phi) is 4.37. The number of nitrogens with two attached hydrogens (primary N) is 1. The Morgan fingerprint density at radius 1 is 1.53 bits per heavy atom. The van der Waals surface area contributed by atoms with E-state index in [4.69, 9.17) is 17.3 Å². The highest BCUT2D eigenvalue weighted by Gasteiger charge is 2.24. The van der Waals surface area contributed by atoms with E-state index in [2.05, 4.69) is 16.8 Å². The summed E-state index contributed by atoms with van der Waals surface area (Å²) in [5.74, 6) is 0.630. The van der Waals surface area contributed by atoms with Gasteiger partial charge in [0.05, 0.1) is 5.69 Å². The van der Waals surface area contributed by atoms with E-state index < -0.39 is 0 Å². The fraction of sp³-hybridized carbons (Fsp3) is 0.615.